The molecule has 3 rings (SSSR count). The van der Waals surface area contributed by atoms with Crippen molar-refractivity contribution < 1.29 is 0 Å². The molecule has 0 N–H and O–H groups in total. The van der Waals surface area contributed by atoms with E-state index in [4.69, 9.17) is 0 Å². The lowest BCUT2D eigenvalue weighted by atomic mass is 9.67. The average molecular weight is 250 g/mol. The molecule has 4 nitrogen and oxygen atoms in total. The maximum Gasteiger partial charge on any atom is 0.447 e. The first-order valence-electron chi connectivity index (χ1n) is 6.34. The minimum atomic E-state index is 0.0707. The normalized spacial score (nSPS) is 14.3. The van der Waals surface area contributed by atoms with Gasteiger partial charge in [-0.1, -0.05) is 71.1 Å². The summed E-state index contributed by atoms with van der Waals surface area (Å²) in [6.45, 7) is 0.829. The summed E-state index contributed by atoms with van der Waals surface area (Å²) in [5, 5.41) is 8.41. The van der Waals surface area contributed by atoms with Crippen LogP contribution >= 0.6 is 0 Å². The second-order valence-corrected chi connectivity index (χ2v) is 4.62. The van der Waals surface area contributed by atoms with Crippen LogP contribution in [-0.4, -0.2) is 23.9 Å². The zero-order chi connectivity index (χ0) is 13.1. The Morgan fingerprint density at radius 3 is 2.21 bits per heavy atom. The van der Waals surface area contributed by atoms with Crippen molar-refractivity contribution in [2.75, 3.05) is 7.05 Å². The van der Waals surface area contributed by atoms with Crippen LogP contribution in [0.1, 0.15) is 5.56 Å². The molecule has 0 unspecified atom stereocenters. The second-order valence-electron chi connectivity index (χ2n) is 4.62. The van der Waals surface area contributed by atoms with Gasteiger partial charge in [0.2, 0.25) is 0 Å². The lowest BCUT2D eigenvalue weighted by Crippen LogP contribution is -2.50. The second kappa shape index (κ2) is 5.14. The van der Waals surface area contributed by atoms with Crippen molar-refractivity contribution in [3.05, 3.63) is 66.2 Å². The van der Waals surface area contributed by atoms with Gasteiger partial charge in [0, 0.05) is 7.05 Å². The molecule has 2 aromatic rings. The van der Waals surface area contributed by atoms with E-state index < -0.39 is 0 Å². The van der Waals surface area contributed by atoms with E-state index in [0.717, 1.165) is 6.54 Å². The molecule has 0 fully saturated rings. The van der Waals surface area contributed by atoms with Crippen LogP contribution in [0.3, 0.4) is 0 Å². The fourth-order valence-corrected chi connectivity index (χ4v) is 2.31. The molecule has 0 spiro atoms. The molecule has 0 atom stereocenters. The average Bonchev–Trinajstić information content (AvgIpc) is 2.82. The van der Waals surface area contributed by atoms with Crippen LogP contribution in [0.15, 0.2) is 71.1 Å². The first-order valence-corrected chi connectivity index (χ1v) is 6.34. The Bertz CT molecular complexity index is 558. The number of rotatable bonds is 3. The number of nitrogens with zero attached hydrogens (tertiary/aromatic N) is 4. The fourth-order valence-electron chi connectivity index (χ4n) is 2.31. The molecule has 0 aliphatic carbocycles. The Hall–Kier alpha value is -2.30. The summed E-state index contributed by atoms with van der Waals surface area (Å²) in [7, 11) is 1.95. The van der Waals surface area contributed by atoms with E-state index in [-0.39, 0.29) is 6.98 Å². The lowest BCUT2D eigenvalue weighted by molar-refractivity contribution is 0.451. The predicted molar refractivity (Wildman–Crippen MR) is 76.4 cm³/mol. The van der Waals surface area contributed by atoms with Crippen molar-refractivity contribution in [2.24, 2.45) is 10.4 Å². The van der Waals surface area contributed by atoms with Crippen LogP contribution in [0.4, 0.5) is 0 Å². The minimum Gasteiger partial charge on any atom is -0.294 e. The molecule has 94 valence electrons. The molecule has 0 saturated carbocycles. The molecule has 0 bridgehead atoms. The van der Waals surface area contributed by atoms with Crippen LogP contribution < -0.4 is 5.46 Å². The monoisotopic (exact) mass is 250 g/mol. The van der Waals surface area contributed by atoms with Gasteiger partial charge in [-0.15, -0.1) is 0 Å². The Morgan fingerprint density at radius 1 is 0.895 bits per heavy atom. The first kappa shape index (κ1) is 11.8. The Balaban J connectivity index is 1.83. The van der Waals surface area contributed by atoms with Gasteiger partial charge < -0.3 is 0 Å². The molecule has 1 aliphatic rings. The van der Waals surface area contributed by atoms with Gasteiger partial charge in [-0.3, -0.25) is 9.84 Å². The van der Waals surface area contributed by atoms with Gasteiger partial charge in [0.15, 0.2) is 0 Å². The highest BCUT2D eigenvalue weighted by molar-refractivity contribution is 6.68. The van der Waals surface area contributed by atoms with Gasteiger partial charge in [-0.2, -0.15) is 0 Å². The number of benzene rings is 2. The Morgan fingerprint density at radius 2 is 1.53 bits per heavy atom. The van der Waals surface area contributed by atoms with E-state index in [1.807, 2.05) is 53.3 Å². The maximum absolute atomic E-state index is 4.25. The molecule has 0 aromatic heterocycles. The van der Waals surface area contributed by atoms with Gasteiger partial charge in [-0.05, 0) is 11.0 Å². The van der Waals surface area contributed by atoms with Gasteiger partial charge >= 0.3 is 6.98 Å². The Labute approximate surface area is 113 Å². The van der Waals surface area contributed by atoms with Crippen LogP contribution in [0.2, 0.25) is 0 Å². The summed E-state index contributed by atoms with van der Waals surface area (Å²) >= 11 is 0. The SMILES string of the molecule is CN1N=NN(Cc2ccccc2)B1c1ccccc1. The topological polar surface area (TPSA) is 31.2 Å². The molecule has 1 aliphatic heterocycles. The third-order valence-electron chi connectivity index (χ3n) is 3.22. The third-order valence-corrected chi connectivity index (χ3v) is 3.22. The van der Waals surface area contributed by atoms with Crippen molar-refractivity contribution in [1.29, 1.82) is 0 Å². The van der Waals surface area contributed by atoms with E-state index in [1.165, 1.54) is 11.0 Å². The van der Waals surface area contributed by atoms with E-state index >= 15 is 0 Å². The molecule has 5 heteroatoms. The maximum atomic E-state index is 4.25. The zero-order valence-electron chi connectivity index (χ0n) is 10.8. The third kappa shape index (κ3) is 2.45. The fraction of sp³-hybridized carbons (Fsp3) is 0.143. The molecule has 19 heavy (non-hydrogen) atoms. The summed E-state index contributed by atoms with van der Waals surface area (Å²) in [5.74, 6) is 0. The van der Waals surface area contributed by atoms with Gasteiger partial charge in [-0.25, -0.2) is 0 Å². The number of hydrogen-bond acceptors (Lipinski definition) is 4. The van der Waals surface area contributed by atoms with E-state index in [1.54, 1.807) is 0 Å². The van der Waals surface area contributed by atoms with Crippen molar-refractivity contribution >= 4 is 12.4 Å². The summed E-state index contributed by atoms with van der Waals surface area (Å²) in [5.41, 5.74) is 2.43. The summed E-state index contributed by atoms with van der Waals surface area (Å²) in [4.78, 5) is 3.89. The first-order chi connectivity index (χ1) is 9.34. The van der Waals surface area contributed by atoms with E-state index in [9.17, 15) is 0 Å². The van der Waals surface area contributed by atoms with Crippen molar-refractivity contribution in [2.45, 2.75) is 6.54 Å². The quantitative estimate of drug-likeness (QED) is 0.781. The van der Waals surface area contributed by atoms with E-state index in [0.29, 0.717) is 0 Å². The highest BCUT2D eigenvalue weighted by atomic mass is 15.7. The van der Waals surface area contributed by atoms with Gasteiger partial charge in [0.1, 0.15) is 0 Å². The van der Waals surface area contributed by atoms with Crippen molar-refractivity contribution in [1.82, 2.24) is 9.84 Å². The molecule has 0 amide bonds. The summed E-state index contributed by atoms with van der Waals surface area (Å²) in [6.07, 6.45) is 0. The lowest BCUT2D eigenvalue weighted by Gasteiger charge is -2.22. The molecule has 0 saturated heterocycles. The standard InChI is InChI=1S/C14H15BN4/c1-18-15(14-10-6-3-7-11-14)19(17-16-18)12-13-8-4-2-5-9-13/h2-11H,12H2,1H3. The van der Waals surface area contributed by atoms with Crippen LogP contribution in [0, 0.1) is 0 Å². The highest BCUT2D eigenvalue weighted by Crippen LogP contribution is 2.15. The van der Waals surface area contributed by atoms with Crippen molar-refractivity contribution in [3.8, 4) is 0 Å². The minimum absolute atomic E-state index is 0.0707. The summed E-state index contributed by atoms with van der Waals surface area (Å²) < 4.78 is 0. The number of hydrogen-bond donors (Lipinski definition) is 0. The van der Waals surface area contributed by atoms with E-state index in [2.05, 4.69) is 34.7 Å². The van der Waals surface area contributed by atoms with Gasteiger partial charge in [0.25, 0.3) is 0 Å². The predicted octanol–water partition coefficient (Wildman–Crippen LogP) is 2.11. The smallest absolute Gasteiger partial charge is 0.294 e. The molecular formula is C14H15BN4. The van der Waals surface area contributed by atoms with Crippen LogP contribution in [0.25, 0.3) is 0 Å². The Kier molecular flexibility index (Phi) is 3.19. The highest BCUT2D eigenvalue weighted by Gasteiger charge is 2.35. The summed E-state index contributed by atoms with van der Waals surface area (Å²) in [6, 6.07) is 20.7. The van der Waals surface area contributed by atoms with Gasteiger partial charge in [0.05, 0.1) is 6.54 Å². The zero-order valence-corrected chi connectivity index (χ0v) is 10.8. The molecule has 1 heterocycles. The molecule has 2 aromatic carbocycles. The molecular weight excluding hydrogens is 235 g/mol. The largest absolute Gasteiger partial charge is 0.447 e. The molecule has 0 radical (unpaired) electrons. The van der Waals surface area contributed by atoms with Crippen molar-refractivity contribution in [3.63, 3.8) is 0 Å². The van der Waals surface area contributed by atoms with Crippen LogP contribution in [0.5, 0.6) is 0 Å². The van der Waals surface area contributed by atoms with Crippen LogP contribution in [-0.2, 0) is 6.54 Å².